The molecule has 2 aliphatic carbocycles. The Morgan fingerprint density at radius 2 is 2.15 bits per heavy atom. The summed E-state index contributed by atoms with van der Waals surface area (Å²) in [6.07, 6.45) is 10.7. The highest BCUT2D eigenvalue weighted by Gasteiger charge is 2.43. The van der Waals surface area contributed by atoms with Gasteiger partial charge in [0.05, 0.1) is 0 Å². The summed E-state index contributed by atoms with van der Waals surface area (Å²) in [4.78, 5) is 0. The Bertz CT molecular complexity index is 193. The molecule has 1 heterocycles. The molecule has 2 bridgehead atoms. The van der Waals surface area contributed by atoms with E-state index in [0.717, 1.165) is 17.3 Å². The van der Waals surface area contributed by atoms with Crippen molar-refractivity contribution in [3.8, 4) is 0 Å². The second kappa shape index (κ2) is 2.98. The molecule has 0 radical (unpaired) electrons. The van der Waals surface area contributed by atoms with Crippen LogP contribution in [0.25, 0.3) is 0 Å². The van der Waals surface area contributed by atoms with E-state index in [9.17, 15) is 0 Å². The molecule has 0 aromatic rings. The van der Waals surface area contributed by atoms with Gasteiger partial charge in [-0.15, -0.1) is 0 Å². The molecule has 3 fully saturated rings. The van der Waals surface area contributed by atoms with E-state index in [0.29, 0.717) is 0 Å². The minimum atomic E-state index is 0.758. The Morgan fingerprint density at radius 1 is 1.23 bits per heavy atom. The van der Waals surface area contributed by atoms with Gasteiger partial charge in [0.25, 0.3) is 0 Å². The monoisotopic (exact) mass is 179 g/mol. The molecule has 2 unspecified atom stereocenters. The molecule has 2 saturated carbocycles. The van der Waals surface area contributed by atoms with Crippen molar-refractivity contribution >= 4 is 0 Å². The molecule has 0 amide bonds. The van der Waals surface area contributed by atoms with Crippen molar-refractivity contribution < 1.29 is 0 Å². The van der Waals surface area contributed by atoms with E-state index in [1.54, 1.807) is 12.8 Å². The highest BCUT2D eigenvalue weighted by molar-refractivity contribution is 4.97. The molecule has 13 heavy (non-hydrogen) atoms. The summed E-state index contributed by atoms with van der Waals surface area (Å²) >= 11 is 0. The Morgan fingerprint density at radius 3 is 2.92 bits per heavy atom. The minimum absolute atomic E-state index is 0.758. The highest BCUT2D eigenvalue weighted by atomic mass is 14.9. The van der Waals surface area contributed by atoms with Gasteiger partial charge in [-0.3, -0.25) is 0 Å². The summed E-state index contributed by atoms with van der Waals surface area (Å²) in [5.41, 5.74) is 0.758. The van der Waals surface area contributed by atoms with Gasteiger partial charge in [-0.05, 0) is 49.5 Å². The zero-order valence-electron chi connectivity index (χ0n) is 8.52. The van der Waals surface area contributed by atoms with E-state index in [-0.39, 0.29) is 0 Å². The maximum atomic E-state index is 3.64. The molecule has 1 nitrogen and oxygen atoms in total. The van der Waals surface area contributed by atoms with Crippen LogP contribution in [0.2, 0.25) is 0 Å². The van der Waals surface area contributed by atoms with Crippen LogP contribution in [-0.2, 0) is 0 Å². The van der Waals surface area contributed by atoms with Gasteiger partial charge in [0.2, 0.25) is 0 Å². The third-order valence-electron chi connectivity index (χ3n) is 4.68. The van der Waals surface area contributed by atoms with E-state index in [1.807, 2.05) is 0 Å². The van der Waals surface area contributed by atoms with Crippen LogP contribution in [0.3, 0.4) is 0 Å². The molecule has 1 heteroatoms. The lowest BCUT2D eigenvalue weighted by Crippen LogP contribution is -2.40. The lowest BCUT2D eigenvalue weighted by atomic mass is 9.69. The van der Waals surface area contributed by atoms with Crippen molar-refractivity contribution in [1.82, 2.24) is 5.32 Å². The number of hydrogen-bond acceptors (Lipinski definition) is 1. The smallest absolute Gasteiger partial charge is 0.000814 e. The summed E-state index contributed by atoms with van der Waals surface area (Å²) in [6, 6.07) is 0. The minimum Gasteiger partial charge on any atom is -0.316 e. The van der Waals surface area contributed by atoms with Crippen LogP contribution in [0.15, 0.2) is 0 Å². The third-order valence-corrected chi connectivity index (χ3v) is 4.68. The van der Waals surface area contributed by atoms with E-state index >= 15 is 0 Å². The molecule has 74 valence electrons. The standard InChI is InChI=1S/C12H21N/c1-2-10(3-1)6-12-5-4-11(7-12)8-13-9-12/h10-11,13H,1-9H2. The van der Waals surface area contributed by atoms with Crippen LogP contribution in [0, 0.1) is 17.3 Å². The van der Waals surface area contributed by atoms with Gasteiger partial charge < -0.3 is 5.32 Å². The fraction of sp³-hybridized carbons (Fsp3) is 1.00. The zero-order chi connectivity index (χ0) is 8.73. The molecular weight excluding hydrogens is 158 g/mol. The highest BCUT2D eigenvalue weighted by Crippen LogP contribution is 2.50. The van der Waals surface area contributed by atoms with Crippen LogP contribution in [0.5, 0.6) is 0 Å². The first-order valence-electron chi connectivity index (χ1n) is 6.07. The SMILES string of the molecule is C1CC(CC23CCC(CNC2)C3)C1. The largest absolute Gasteiger partial charge is 0.316 e. The Labute approximate surface area is 81.3 Å². The number of piperidine rings is 1. The van der Waals surface area contributed by atoms with Crippen molar-refractivity contribution in [2.75, 3.05) is 13.1 Å². The molecule has 1 aliphatic heterocycles. The fourth-order valence-corrected chi connectivity index (χ4v) is 3.77. The predicted octanol–water partition coefficient (Wildman–Crippen LogP) is 2.57. The van der Waals surface area contributed by atoms with E-state index in [1.165, 1.54) is 45.2 Å². The summed E-state index contributed by atoms with van der Waals surface area (Å²) in [5.74, 6) is 2.15. The number of nitrogens with one attached hydrogen (secondary N) is 1. The Hall–Kier alpha value is -0.0400. The fourth-order valence-electron chi connectivity index (χ4n) is 3.77. The second-order valence-electron chi connectivity index (χ2n) is 5.74. The van der Waals surface area contributed by atoms with Crippen molar-refractivity contribution in [3.63, 3.8) is 0 Å². The molecule has 3 aliphatic rings. The van der Waals surface area contributed by atoms with Gasteiger partial charge in [-0.2, -0.15) is 0 Å². The van der Waals surface area contributed by atoms with Crippen LogP contribution in [0.1, 0.15) is 44.9 Å². The first kappa shape index (κ1) is 8.28. The second-order valence-corrected chi connectivity index (χ2v) is 5.74. The van der Waals surface area contributed by atoms with Gasteiger partial charge in [0, 0.05) is 6.54 Å². The maximum Gasteiger partial charge on any atom is 0.000814 e. The Balaban J connectivity index is 1.65. The third kappa shape index (κ3) is 1.41. The van der Waals surface area contributed by atoms with Crippen LogP contribution in [-0.4, -0.2) is 13.1 Å². The van der Waals surface area contributed by atoms with Gasteiger partial charge in [-0.25, -0.2) is 0 Å². The van der Waals surface area contributed by atoms with Crippen molar-refractivity contribution in [3.05, 3.63) is 0 Å². The lowest BCUT2D eigenvalue weighted by Gasteiger charge is -2.39. The van der Waals surface area contributed by atoms with Crippen molar-refractivity contribution in [2.24, 2.45) is 17.3 Å². The average molecular weight is 179 g/mol. The predicted molar refractivity (Wildman–Crippen MR) is 54.6 cm³/mol. The summed E-state index contributed by atoms with van der Waals surface area (Å²) in [7, 11) is 0. The summed E-state index contributed by atoms with van der Waals surface area (Å²) < 4.78 is 0. The van der Waals surface area contributed by atoms with Gasteiger partial charge in [0.1, 0.15) is 0 Å². The van der Waals surface area contributed by atoms with Crippen LogP contribution < -0.4 is 5.32 Å². The van der Waals surface area contributed by atoms with Crippen molar-refractivity contribution in [2.45, 2.75) is 44.9 Å². The van der Waals surface area contributed by atoms with Crippen LogP contribution in [0.4, 0.5) is 0 Å². The van der Waals surface area contributed by atoms with Crippen LogP contribution >= 0.6 is 0 Å². The zero-order valence-corrected chi connectivity index (χ0v) is 8.52. The molecule has 1 N–H and O–H groups in total. The molecule has 1 saturated heterocycles. The summed E-state index contributed by atoms with van der Waals surface area (Å²) in [5, 5.41) is 3.64. The first-order chi connectivity index (χ1) is 6.36. The first-order valence-corrected chi connectivity index (χ1v) is 6.07. The topological polar surface area (TPSA) is 12.0 Å². The van der Waals surface area contributed by atoms with E-state index in [4.69, 9.17) is 0 Å². The number of fused-ring (bicyclic) bond motifs is 2. The quantitative estimate of drug-likeness (QED) is 0.687. The average Bonchev–Trinajstić information content (AvgIpc) is 2.36. The Kier molecular flexibility index (Phi) is 1.90. The van der Waals surface area contributed by atoms with Gasteiger partial charge in [-0.1, -0.05) is 19.3 Å². The van der Waals surface area contributed by atoms with E-state index < -0.39 is 0 Å². The molecule has 3 rings (SSSR count). The number of rotatable bonds is 2. The number of hydrogen-bond donors (Lipinski definition) is 1. The summed E-state index contributed by atoms with van der Waals surface area (Å²) in [6.45, 7) is 2.65. The maximum absolute atomic E-state index is 3.64. The lowest BCUT2D eigenvalue weighted by molar-refractivity contribution is 0.138. The van der Waals surface area contributed by atoms with Gasteiger partial charge >= 0.3 is 0 Å². The molecule has 0 aromatic carbocycles. The van der Waals surface area contributed by atoms with Gasteiger partial charge in [0.15, 0.2) is 0 Å². The molecule has 2 atom stereocenters. The molecular formula is C12H21N. The normalized spacial score (nSPS) is 44.8. The van der Waals surface area contributed by atoms with E-state index in [2.05, 4.69) is 5.32 Å². The molecule has 0 aromatic heterocycles. The molecule has 0 spiro atoms. The van der Waals surface area contributed by atoms with Crippen molar-refractivity contribution in [1.29, 1.82) is 0 Å².